The maximum Gasteiger partial charge on any atom is 0.251 e. The van der Waals surface area contributed by atoms with E-state index in [1.165, 1.54) is 5.56 Å². The van der Waals surface area contributed by atoms with Gasteiger partial charge in [-0.2, -0.15) is 0 Å². The van der Waals surface area contributed by atoms with Crippen molar-refractivity contribution in [1.82, 2.24) is 5.32 Å². The number of nitrogens with one attached hydrogen (secondary N) is 1. The van der Waals surface area contributed by atoms with E-state index < -0.39 is 0 Å². The van der Waals surface area contributed by atoms with Crippen LogP contribution in [0.4, 0.5) is 5.69 Å². The summed E-state index contributed by atoms with van der Waals surface area (Å²) in [5.74, 6) is -0.0453. The highest BCUT2D eigenvalue weighted by Crippen LogP contribution is 2.18. The molecule has 0 aliphatic rings. The van der Waals surface area contributed by atoms with Gasteiger partial charge in [-0.25, -0.2) is 0 Å². The fraction of sp³-hybridized carbons (Fsp3) is 0.278. The molecule has 0 aromatic heterocycles. The second-order valence-corrected chi connectivity index (χ2v) is 5.49. The predicted octanol–water partition coefficient (Wildman–Crippen LogP) is 3.55. The van der Waals surface area contributed by atoms with Crippen LogP contribution in [0.5, 0.6) is 0 Å². The number of hydrogen-bond acceptors (Lipinski definition) is 2. The molecule has 0 fully saturated rings. The van der Waals surface area contributed by atoms with Gasteiger partial charge in [0.2, 0.25) is 0 Å². The molecular weight excluding hydrogens is 260 g/mol. The van der Waals surface area contributed by atoms with Gasteiger partial charge in [-0.3, -0.25) is 4.79 Å². The molecular formula is C18H22N2O. The van der Waals surface area contributed by atoms with E-state index >= 15 is 0 Å². The molecule has 0 aliphatic carbocycles. The monoisotopic (exact) mass is 282 g/mol. The molecule has 110 valence electrons. The smallest absolute Gasteiger partial charge is 0.251 e. The molecule has 1 amide bonds. The molecule has 0 bridgehead atoms. The van der Waals surface area contributed by atoms with Gasteiger partial charge in [0.25, 0.3) is 5.91 Å². The van der Waals surface area contributed by atoms with Crippen LogP contribution in [0, 0.1) is 6.92 Å². The van der Waals surface area contributed by atoms with Gasteiger partial charge < -0.3 is 10.2 Å². The molecule has 0 saturated heterocycles. The number of anilines is 1. The van der Waals surface area contributed by atoms with E-state index in [-0.39, 0.29) is 11.9 Å². The molecule has 2 aromatic carbocycles. The van der Waals surface area contributed by atoms with Crippen LogP contribution in [-0.4, -0.2) is 20.0 Å². The minimum Gasteiger partial charge on any atom is -0.378 e. The number of hydrogen-bond donors (Lipinski definition) is 1. The van der Waals surface area contributed by atoms with E-state index in [1.807, 2.05) is 62.3 Å². The zero-order chi connectivity index (χ0) is 15.4. The Hall–Kier alpha value is -2.29. The number of aryl methyl sites for hydroxylation is 1. The Labute approximate surface area is 126 Å². The molecule has 0 saturated carbocycles. The Bertz CT molecular complexity index is 617. The highest BCUT2D eigenvalue weighted by atomic mass is 16.1. The largest absolute Gasteiger partial charge is 0.378 e. The summed E-state index contributed by atoms with van der Waals surface area (Å²) in [6.07, 6.45) is 0. The number of rotatable bonds is 4. The Morgan fingerprint density at radius 2 is 1.67 bits per heavy atom. The van der Waals surface area contributed by atoms with E-state index in [9.17, 15) is 4.79 Å². The lowest BCUT2D eigenvalue weighted by atomic mass is 10.0. The first-order valence-corrected chi connectivity index (χ1v) is 7.13. The van der Waals surface area contributed by atoms with Gasteiger partial charge in [0.15, 0.2) is 0 Å². The van der Waals surface area contributed by atoms with Crippen LogP contribution < -0.4 is 10.2 Å². The van der Waals surface area contributed by atoms with Crippen molar-refractivity contribution >= 4 is 11.6 Å². The zero-order valence-electron chi connectivity index (χ0n) is 13.1. The summed E-state index contributed by atoms with van der Waals surface area (Å²) in [4.78, 5) is 14.3. The lowest BCUT2D eigenvalue weighted by molar-refractivity contribution is 0.0940. The van der Waals surface area contributed by atoms with Crippen LogP contribution >= 0.6 is 0 Å². The first kappa shape index (κ1) is 15.1. The minimum atomic E-state index is -0.0453. The fourth-order valence-corrected chi connectivity index (χ4v) is 2.34. The molecule has 1 N–H and O–H groups in total. The Balaban J connectivity index is 2.09. The molecule has 21 heavy (non-hydrogen) atoms. The van der Waals surface area contributed by atoms with Gasteiger partial charge in [-0.15, -0.1) is 0 Å². The van der Waals surface area contributed by atoms with E-state index in [0.29, 0.717) is 5.56 Å². The maximum atomic E-state index is 12.3. The third-order valence-electron chi connectivity index (χ3n) is 3.65. The van der Waals surface area contributed by atoms with E-state index in [1.54, 1.807) is 0 Å². The average molecular weight is 282 g/mol. The number of carbonyl (C=O) groups excluding carboxylic acids is 1. The summed E-state index contributed by atoms with van der Waals surface area (Å²) in [6.45, 7) is 4.07. The SMILES string of the molecule is Cc1ccccc1C(C)NC(=O)c1ccc(N(C)C)cc1. The number of amides is 1. The van der Waals surface area contributed by atoms with Crippen LogP contribution in [0.25, 0.3) is 0 Å². The standard InChI is InChI=1S/C18H22N2O/c1-13-7-5-6-8-17(13)14(2)19-18(21)15-9-11-16(12-10-15)20(3)4/h5-12,14H,1-4H3,(H,19,21). The van der Waals surface area contributed by atoms with Crippen LogP contribution in [0.3, 0.4) is 0 Å². The molecule has 3 nitrogen and oxygen atoms in total. The molecule has 0 radical (unpaired) electrons. The second-order valence-electron chi connectivity index (χ2n) is 5.49. The van der Waals surface area contributed by atoms with E-state index in [2.05, 4.69) is 24.4 Å². The van der Waals surface area contributed by atoms with Crippen molar-refractivity contribution < 1.29 is 4.79 Å². The summed E-state index contributed by atoms with van der Waals surface area (Å²) in [5, 5.41) is 3.05. The first-order chi connectivity index (χ1) is 9.99. The average Bonchev–Trinajstić information content (AvgIpc) is 2.47. The fourth-order valence-electron chi connectivity index (χ4n) is 2.34. The molecule has 2 aromatic rings. The maximum absolute atomic E-state index is 12.3. The van der Waals surface area contributed by atoms with Crippen molar-refractivity contribution in [2.75, 3.05) is 19.0 Å². The summed E-state index contributed by atoms with van der Waals surface area (Å²) in [7, 11) is 3.96. The van der Waals surface area contributed by atoms with Crippen LogP contribution in [0.1, 0.15) is 34.5 Å². The van der Waals surface area contributed by atoms with Crippen molar-refractivity contribution in [3.05, 3.63) is 65.2 Å². The van der Waals surface area contributed by atoms with Crippen molar-refractivity contribution in [2.45, 2.75) is 19.9 Å². The van der Waals surface area contributed by atoms with Crippen molar-refractivity contribution in [1.29, 1.82) is 0 Å². The highest BCUT2D eigenvalue weighted by Gasteiger charge is 2.12. The zero-order valence-corrected chi connectivity index (χ0v) is 13.1. The third-order valence-corrected chi connectivity index (χ3v) is 3.65. The first-order valence-electron chi connectivity index (χ1n) is 7.13. The number of nitrogens with zero attached hydrogens (tertiary/aromatic N) is 1. The lowest BCUT2D eigenvalue weighted by Crippen LogP contribution is -2.27. The Kier molecular flexibility index (Phi) is 4.63. The summed E-state index contributed by atoms with van der Waals surface area (Å²) >= 11 is 0. The van der Waals surface area contributed by atoms with Gasteiger partial charge in [0.05, 0.1) is 6.04 Å². The van der Waals surface area contributed by atoms with Gasteiger partial charge >= 0.3 is 0 Å². The van der Waals surface area contributed by atoms with Crippen LogP contribution in [0.2, 0.25) is 0 Å². The van der Waals surface area contributed by atoms with Crippen LogP contribution in [-0.2, 0) is 0 Å². The normalized spacial score (nSPS) is 11.8. The minimum absolute atomic E-state index is 0.00720. The number of carbonyl (C=O) groups is 1. The molecule has 1 unspecified atom stereocenters. The quantitative estimate of drug-likeness (QED) is 0.930. The van der Waals surface area contributed by atoms with Gasteiger partial charge in [0, 0.05) is 25.3 Å². The summed E-state index contributed by atoms with van der Waals surface area (Å²) < 4.78 is 0. The molecule has 0 spiro atoms. The van der Waals surface area contributed by atoms with Crippen molar-refractivity contribution in [3.8, 4) is 0 Å². The topological polar surface area (TPSA) is 32.3 Å². The van der Waals surface area contributed by atoms with Gasteiger partial charge in [-0.05, 0) is 49.2 Å². The molecule has 2 rings (SSSR count). The van der Waals surface area contributed by atoms with Crippen LogP contribution in [0.15, 0.2) is 48.5 Å². The molecule has 0 aliphatic heterocycles. The van der Waals surface area contributed by atoms with Gasteiger partial charge in [0.1, 0.15) is 0 Å². The second kappa shape index (κ2) is 6.44. The predicted molar refractivity (Wildman–Crippen MR) is 87.8 cm³/mol. The third kappa shape index (κ3) is 3.63. The van der Waals surface area contributed by atoms with Gasteiger partial charge in [-0.1, -0.05) is 24.3 Å². The molecule has 0 heterocycles. The highest BCUT2D eigenvalue weighted by molar-refractivity contribution is 5.94. The van der Waals surface area contributed by atoms with Crippen molar-refractivity contribution in [2.24, 2.45) is 0 Å². The summed E-state index contributed by atoms with van der Waals surface area (Å²) in [5.41, 5.74) is 4.10. The summed E-state index contributed by atoms with van der Waals surface area (Å²) in [6, 6.07) is 15.7. The Morgan fingerprint density at radius 3 is 2.24 bits per heavy atom. The van der Waals surface area contributed by atoms with E-state index in [4.69, 9.17) is 0 Å². The van der Waals surface area contributed by atoms with E-state index in [0.717, 1.165) is 11.3 Å². The molecule has 1 atom stereocenters. The Morgan fingerprint density at radius 1 is 1.05 bits per heavy atom. The lowest BCUT2D eigenvalue weighted by Gasteiger charge is -2.17. The van der Waals surface area contributed by atoms with Crippen molar-refractivity contribution in [3.63, 3.8) is 0 Å². The number of benzene rings is 2. The molecule has 3 heteroatoms.